The van der Waals surface area contributed by atoms with Crippen LogP contribution in [0.2, 0.25) is 0 Å². The van der Waals surface area contributed by atoms with Gasteiger partial charge in [0.2, 0.25) is 5.91 Å². The van der Waals surface area contributed by atoms with Gasteiger partial charge in [-0.2, -0.15) is 0 Å². The van der Waals surface area contributed by atoms with Gasteiger partial charge in [0.1, 0.15) is 5.75 Å². The maximum absolute atomic E-state index is 12.0. The highest BCUT2D eigenvalue weighted by Crippen LogP contribution is 2.16. The van der Waals surface area contributed by atoms with Gasteiger partial charge in [0.15, 0.2) is 0 Å². The van der Waals surface area contributed by atoms with Gasteiger partial charge in [-0.3, -0.25) is 4.79 Å². The highest BCUT2D eigenvalue weighted by atomic mass is 16.5. The van der Waals surface area contributed by atoms with E-state index in [0.29, 0.717) is 6.54 Å². The molecule has 0 aromatic heterocycles. The molecule has 0 radical (unpaired) electrons. The molecule has 122 valence electrons. The third-order valence-corrected chi connectivity index (χ3v) is 3.68. The molecular weight excluding hydrogens is 288 g/mol. The van der Waals surface area contributed by atoms with Gasteiger partial charge in [-0.25, -0.2) is 0 Å². The van der Waals surface area contributed by atoms with E-state index < -0.39 is 0 Å². The molecule has 4 nitrogen and oxygen atoms in total. The monoisotopic (exact) mass is 312 g/mol. The summed E-state index contributed by atoms with van der Waals surface area (Å²) in [5.41, 5.74) is 4.27. The summed E-state index contributed by atoms with van der Waals surface area (Å²) in [6.07, 6.45) is 0.855. The molecule has 0 aliphatic carbocycles. The Morgan fingerprint density at radius 1 is 1.13 bits per heavy atom. The third kappa shape index (κ3) is 5.42. The maximum Gasteiger partial charge on any atom is 0.238 e. The van der Waals surface area contributed by atoms with E-state index in [1.54, 1.807) is 7.11 Å². The molecule has 0 aliphatic rings. The van der Waals surface area contributed by atoms with Gasteiger partial charge in [-0.1, -0.05) is 24.3 Å². The normalized spacial score (nSPS) is 10.4. The van der Waals surface area contributed by atoms with E-state index in [9.17, 15) is 4.79 Å². The van der Waals surface area contributed by atoms with Crippen molar-refractivity contribution in [2.24, 2.45) is 0 Å². The van der Waals surface area contributed by atoms with Crippen LogP contribution >= 0.6 is 0 Å². The van der Waals surface area contributed by atoms with Crippen LogP contribution in [0.5, 0.6) is 5.75 Å². The Hall–Kier alpha value is -2.33. The second kappa shape index (κ2) is 8.34. The summed E-state index contributed by atoms with van der Waals surface area (Å²) in [7, 11) is 1.66. The molecule has 1 amide bonds. The smallest absolute Gasteiger partial charge is 0.238 e. The number of rotatable bonds is 7. The maximum atomic E-state index is 12.0. The van der Waals surface area contributed by atoms with Crippen LogP contribution in [0.25, 0.3) is 0 Å². The molecule has 4 heteroatoms. The second-order valence-electron chi connectivity index (χ2n) is 5.64. The van der Waals surface area contributed by atoms with Crippen molar-refractivity contribution in [3.63, 3.8) is 0 Å². The lowest BCUT2D eigenvalue weighted by atomic mass is 10.1. The van der Waals surface area contributed by atoms with Crippen LogP contribution in [0.3, 0.4) is 0 Å². The number of carbonyl (C=O) groups is 1. The van der Waals surface area contributed by atoms with Gasteiger partial charge in [0.05, 0.1) is 13.7 Å². The van der Waals surface area contributed by atoms with Crippen molar-refractivity contribution in [3.05, 3.63) is 59.2 Å². The van der Waals surface area contributed by atoms with Crippen molar-refractivity contribution < 1.29 is 9.53 Å². The van der Waals surface area contributed by atoms with E-state index in [4.69, 9.17) is 4.74 Å². The average molecular weight is 312 g/mol. The minimum Gasteiger partial charge on any atom is -0.497 e. The molecule has 2 aromatic carbocycles. The van der Waals surface area contributed by atoms with Crippen LogP contribution in [0.15, 0.2) is 42.5 Å². The topological polar surface area (TPSA) is 50.4 Å². The molecule has 0 bridgehead atoms. The first-order valence-corrected chi connectivity index (χ1v) is 7.79. The zero-order valence-electron chi connectivity index (χ0n) is 14.0. The number of hydrogen-bond acceptors (Lipinski definition) is 3. The fourth-order valence-corrected chi connectivity index (χ4v) is 2.33. The Labute approximate surface area is 137 Å². The second-order valence-corrected chi connectivity index (χ2v) is 5.64. The van der Waals surface area contributed by atoms with E-state index in [1.165, 1.54) is 5.56 Å². The van der Waals surface area contributed by atoms with Crippen LogP contribution < -0.4 is 15.4 Å². The van der Waals surface area contributed by atoms with Crippen LogP contribution in [0.4, 0.5) is 5.69 Å². The van der Waals surface area contributed by atoms with Crippen LogP contribution in [0.1, 0.15) is 16.7 Å². The van der Waals surface area contributed by atoms with Gasteiger partial charge in [0, 0.05) is 5.69 Å². The van der Waals surface area contributed by atoms with Crippen molar-refractivity contribution in [2.45, 2.75) is 20.3 Å². The molecule has 0 fully saturated rings. The van der Waals surface area contributed by atoms with Crippen LogP contribution in [-0.2, 0) is 11.2 Å². The summed E-state index contributed by atoms with van der Waals surface area (Å²) in [4.78, 5) is 12.0. The Kier molecular flexibility index (Phi) is 6.18. The highest BCUT2D eigenvalue weighted by molar-refractivity contribution is 5.93. The standard InChI is InChI=1S/C19H24N2O2/c1-14-7-8-15(2)18(11-14)21-19(22)13-20-10-9-16-5-4-6-17(12-16)23-3/h4-8,11-12,20H,9-10,13H2,1-3H3,(H,21,22). The molecule has 23 heavy (non-hydrogen) atoms. The molecule has 0 aliphatic heterocycles. The predicted molar refractivity (Wildman–Crippen MR) is 94.1 cm³/mol. The SMILES string of the molecule is COc1cccc(CCNCC(=O)Nc2cc(C)ccc2C)c1. The van der Waals surface area contributed by atoms with Crippen molar-refractivity contribution in [1.29, 1.82) is 0 Å². The first-order chi connectivity index (χ1) is 11.1. The molecule has 0 heterocycles. The molecule has 0 unspecified atom stereocenters. The first kappa shape index (κ1) is 17.0. The summed E-state index contributed by atoms with van der Waals surface area (Å²) in [5, 5.41) is 6.12. The number of benzene rings is 2. The zero-order valence-corrected chi connectivity index (χ0v) is 14.0. The van der Waals surface area contributed by atoms with Gasteiger partial charge >= 0.3 is 0 Å². The summed E-state index contributed by atoms with van der Waals surface area (Å²) < 4.78 is 5.20. The van der Waals surface area contributed by atoms with Gasteiger partial charge in [-0.15, -0.1) is 0 Å². The third-order valence-electron chi connectivity index (χ3n) is 3.68. The largest absolute Gasteiger partial charge is 0.497 e. The van der Waals surface area contributed by atoms with Gasteiger partial charge in [0.25, 0.3) is 0 Å². The summed E-state index contributed by atoms with van der Waals surface area (Å²) >= 11 is 0. The molecule has 0 saturated heterocycles. The molecule has 0 spiro atoms. The average Bonchev–Trinajstić information content (AvgIpc) is 2.55. The minimum absolute atomic E-state index is 0.0238. The van der Waals surface area contributed by atoms with E-state index in [-0.39, 0.29) is 5.91 Å². The highest BCUT2D eigenvalue weighted by Gasteiger charge is 2.05. The Morgan fingerprint density at radius 3 is 2.74 bits per heavy atom. The van der Waals surface area contributed by atoms with Crippen molar-refractivity contribution in [3.8, 4) is 5.75 Å². The van der Waals surface area contributed by atoms with E-state index in [0.717, 1.165) is 35.5 Å². The molecule has 0 saturated carbocycles. The lowest BCUT2D eigenvalue weighted by Gasteiger charge is -2.10. The van der Waals surface area contributed by atoms with Crippen molar-refractivity contribution >= 4 is 11.6 Å². The molecular formula is C19H24N2O2. The Bertz CT molecular complexity index is 668. The van der Waals surface area contributed by atoms with Crippen LogP contribution in [-0.4, -0.2) is 26.1 Å². The molecule has 2 N–H and O–H groups in total. The lowest BCUT2D eigenvalue weighted by molar-refractivity contribution is -0.115. The number of ether oxygens (including phenoxy) is 1. The van der Waals surface area contributed by atoms with Crippen molar-refractivity contribution in [2.75, 3.05) is 25.5 Å². The number of nitrogens with one attached hydrogen (secondary N) is 2. The zero-order chi connectivity index (χ0) is 16.7. The van der Waals surface area contributed by atoms with E-state index in [2.05, 4.69) is 16.7 Å². The number of anilines is 1. The number of carbonyl (C=O) groups excluding carboxylic acids is 1. The Morgan fingerprint density at radius 2 is 1.96 bits per heavy atom. The van der Waals surface area contributed by atoms with E-state index >= 15 is 0 Å². The fourth-order valence-electron chi connectivity index (χ4n) is 2.33. The van der Waals surface area contributed by atoms with Gasteiger partial charge < -0.3 is 15.4 Å². The number of amides is 1. The molecule has 2 rings (SSSR count). The van der Waals surface area contributed by atoms with Crippen LogP contribution in [0, 0.1) is 13.8 Å². The number of aryl methyl sites for hydroxylation is 2. The summed E-state index contributed by atoms with van der Waals surface area (Å²) in [6.45, 7) is 5.05. The molecule has 0 atom stereocenters. The quantitative estimate of drug-likeness (QED) is 0.773. The summed E-state index contributed by atoms with van der Waals surface area (Å²) in [5.74, 6) is 0.833. The number of hydrogen-bond donors (Lipinski definition) is 2. The van der Waals surface area contributed by atoms with E-state index in [1.807, 2.05) is 50.2 Å². The fraction of sp³-hybridized carbons (Fsp3) is 0.316. The van der Waals surface area contributed by atoms with Gasteiger partial charge in [-0.05, 0) is 61.7 Å². The first-order valence-electron chi connectivity index (χ1n) is 7.79. The Balaban J connectivity index is 1.75. The van der Waals surface area contributed by atoms with Crippen molar-refractivity contribution in [1.82, 2.24) is 5.32 Å². The lowest BCUT2D eigenvalue weighted by Crippen LogP contribution is -2.29. The minimum atomic E-state index is -0.0238. The number of methoxy groups -OCH3 is 1. The molecule has 2 aromatic rings. The predicted octanol–water partition coefficient (Wildman–Crippen LogP) is 3.08. The summed E-state index contributed by atoms with van der Waals surface area (Å²) in [6, 6.07) is 14.0.